The lowest BCUT2D eigenvalue weighted by Gasteiger charge is -2.15. The molecule has 0 rings (SSSR count). The molecule has 0 saturated carbocycles. The minimum Gasteiger partial charge on any atom is -0.463 e. The van der Waals surface area contributed by atoms with Crippen molar-refractivity contribution in [2.75, 3.05) is 26.4 Å². The Morgan fingerprint density at radius 1 is 0.646 bits per heavy atom. The molecular formula is C38H72NO8P. The van der Waals surface area contributed by atoms with Crippen LogP contribution in [0.3, 0.4) is 0 Å². The van der Waals surface area contributed by atoms with Crippen LogP contribution < -0.4 is 5.32 Å². The summed E-state index contributed by atoms with van der Waals surface area (Å²) in [4.78, 5) is 33.4. The highest BCUT2D eigenvalue weighted by atomic mass is 31.2. The molecule has 9 nitrogen and oxygen atoms in total. The van der Waals surface area contributed by atoms with E-state index in [1.54, 1.807) is 0 Å². The molecule has 0 radical (unpaired) electrons. The lowest BCUT2D eigenvalue weighted by atomic mass is 10.0. The summed E-state index contributed by atoms with van der Waals surface area (Å²) in [5, 5.41) is 12.6. The number of aliphatic hydroxyl groups is 1. The number of phosphoric ester groups is 1. The maximum atomic E-state index is 12.0. The Labute approximate surface area is 293 Å². The predicted molar refractivity (Wildman–Crippen MR) is 197 cm³/mol. The fourth-order valence-corrected chi connectivity index (χ4v) is 5.93. The summed E-state index contributed by atoms with van der Waals surface area (Å²) < 4.78 is 26.6. The minimum atomic E-state index is -4.39. The van der Waals surface area contributed by atoms with Crippen molar-refractivity contribution in [1.29, 1.82) is 0 Å². The smallest absolute Gasteiger partial charge is 0.463 e. The summed E-state index contributed by atoms with van der Waals surface area (Å²) in [6.45, 7) is 3.40. The van der Waals surface area contributed by atoms with Gasteiger partial charge in [-0.2, -0.15) is 0 Å². The van der Waals surface area contributed by atoms with Crippen LogP contribution in [0.1, 0.15) is 174 Å². The van der Waals surface area contributed by atoms with Crippen molar-refractivity contribution >= 4 is 19.7 Å². The van der Waals surface area contributed by atoms with Gasteiger partial charge in [0.1, 0.15) is 12.7 Å². The van der Waals surface area contributed by atoms with Gasteiger partial charge in [-0.1, -0.05) is 141 Å². The number of phosphoric acid groups is 1. The van der Waals surface area contributed by atoms with E-state index in [-0.39, 0.29) is 32.1 Å². The Morgan fingerprint density at radius 3 is 1.71 bits per heavy atom. The van der Waals surface area contributed by atoms with Gasteiger partial charge in [-0.05, 0) is 44.9 Å². The molecule has 0 aliphatic carbocycles. The van der Waals surface area contributed by atoms with Crippen LogP contribution in [0, 0.1) is 0 Å². The van der Waals surface area contributed by atoms with E-state index in [0.29, 0.717) is 6.42 Å². The molecule has 0 bridgehead atoms. The third-order valence-corrected chi connectivity index (χ3v) is 9.12. The van der Waals surface area contributed by atoms with Crippen molar-refractivity contribution in [3.63, 3.8) is 0 Å². The number of unbranched alkanes of at least 4 members (excludes halogenated alkanes) is 19. The number of rotatable bonds is 36. The largest absolute Gasteiger partial charge is 0.472 e. The van der Waals surface area contributed by atoms with E-state index in [1.807, 2.05) is 0 Å². The summed E-state index contributed by atoms with van der Waals surface area (Å²) in [5.41, 5.74) is 0. The summed E-state index contributed by atoms with van der Waals surface area (Å²) in [6, 6.07) is 0. The first-order valence-electron chi connectivity index (χ1n) is 19.3. The second-order valence-electron chi connectivity index (χ2n) is 12.9. The van der Waals surface area contributed by atoms with E-state index in [4.69, 9.17) is 13.8 Å². The molecule has 1 amide bonds. The van der Waals surface area contributed by atoms with Crippen molar-refractivity contribution < 1.29 is 37.9 Å². The molecule has 0 aliphatic rings. The van der Waals surface area contributed by atoms with Crippen LogP contribution in [-0.2, 0) is 27.9 Å². The Bertz CT molecular complexity index is 851. The Kier molecular flexibility index (Phi) is 34.2. The number of amides is 1. The number of carbonyl (C=O) groups excluding carboxylic acids is 2. The highest BCUT2D eigenvalue weighted by Gasteiger charge is 2.23. The first kappa shape index (κ1) is 46.5. The summed E-state index contributed by atoms with van der Waals surface area (Å²) in [7, 11) is -4.39. The van der Waals surface area contributed by atoms with Gasteiger partial charge in [0.2, 0.25) is 5.91 Å². The lowest BCUT2D eigenvalue weighted by Crippen LogP contribution is -2.27. The number of ether oxygens (including phenoxy) is 1. The third-order valence-electron chi connectivity index (χ3n) is 8.13. The van der Waals surface area contributed by atoms with Crippen LogP contribution in [-0.4, -0.2) is 54.3 Å². The molecule has 0 aromatic heterocycles. The molecule has 0 aromatic rings. The van der Waals surface area contributed by atoms with E-state index < -0.39 is 26.5 Å². The molecule has 0 saturated heterocycles. The van der Waals surface area contributed by atoms with E-state index in [2.05, 4.69) is 43.5 Å². The Hall–Kier alpha value is -1.51. The van der Waals surface area contributed by atoms with Crippen LogP contribution in [0.25, 0.3) is 0 Å². The SMILES string of the molecule is CCCCC/C=C\C/C=C\CCCCCCCCCCCCCCCC(=O)OCC(O)COP(=O)(O)OCCNC(=O)CCCCCC. The van der Waals surface area contributed by atoms with Crippen LogP contribution in [0.5, 0.6) is 0 Å². The molecule has 2 atom stereocenters. The van der Waals surface area contributed by atoms with Crippen molar-refractivity contribution in [2.24, 2.45) is 0 Å². The topological polar surface area (TPSA) is 131 Å². The van der Waals surface area contributed by atoms with Crippen LogP contribution >= 0.6 is 7.82 Å². The zero-order valence-corrected chi connectivity index (χ0v) is 31.6. The number of hydrogen-bond donors (Lipinski definition) is 3. The van der Waals surface area contributed by atoms with E-state index in [0.717, 1.165) is 51.4 Å². The second kappa shape index (κ2) is 35.3. The van der Waals surface area contributed by atoms with E-state index in [9.17, 15) is 24.2 Å². The molecule has 0 heterocycles. The van der Waals surface area contributed by atoms with Crippen LogP contribution in [0.15, 0.2) is 24.3 Å². The van der Waals surface area contributed by atoms with Crippen LogP contribution in [0.2, 0.25) is 0 Å². The van der Waals surface area contributed by atoms with Gasteiger partial charge in [0.15, 0.2) is 0 Å². The predicted octanol–water partition coefficient (Wildman–Crippen LogP) is 10.0. The number of allylic oxidation sites excluding steroid dienone is 4. The Balaban J connectivity index is 3.51. The van der Waals surface area contributed by atoms with Gasteiger partial charge in [-0.25, -0.2) is 4.57 Å². The molecule has 0 aliphatic heterocycles. The maximum Gasteiger partial charge on any atom is 0.472 e. The Morgan fingerprint density at radius 2 is 1.12 bits per heavy atom. The van der Waals surface area contributed by atoms with Crippen molar-refractivity contribution in [3.05, 3.63) is 24.3 Å². The second-order valence-corrected chi connectivity index (χ2v) is 14.4. The van der Waals surface area contributed by atoms with E-state index >= 15 is 0 Å². The molecule has 282 valence electrons. The number of hydrogen-bond acceptors (Lipinski definition) is 7. The fraction of sp³-hybridized carbons (Fsp3) is 0.842. The number of aliphatic hydroxyl groups excluding tert-OH is 1. The zero-order chi connectivity index (χ0) is 35.4. The average Bonchev–Trinajstić information content (AvgIpc) is 3.07. The van der Waals surface area contributed by atoms with Gasteiger partial charge in [0.25, 0.3) is 0 Å². The summed E-state index contributed by atoms with van der Waals surface area (Å²) >= 11 is 0. The number of nitrogens with one attached hydrogen (secondary N) is 1. The monoisotopic (exact) mass is 701 g/mol. The quantitative estimate of drug-likeness (QED) is 0.0255. The molecule has 3 N–H and O–H groups in total. The number of carbonyl (C=O) groups is 2. The highest BCUT2D eigenvalue weighted by molar-refractivity contribution is 7.47. The molecule has 0 spiro atoms. The van der Waals surface area contributed by atoms with Gasteiger partial charge in [-0.15, -0.1) is 0 Å². The van der Waals surface area contributed by atoms with Crippen molar-refractivity contribution in [1.82, 2.24) is 5.32 Å². The van der Waals surface area contributed by atoms with Gasteiger partial charge in [0, 0.05) is 19.4 Å². The molecule has 0 fully saturated rings. The van der Waals surface area contributed by atoms with Crippen molar-refractivity contribution in [2.45, 2.75) is 180 Å². The molecular weight excluding hydrogens is 629 g/mol. The average molecular weight is 702 g/mol. The minimum absolute atomic E-state index is 0.0810. The van der Waals surface area contributed by atoms with Crippen LogP contribution in [0.4, 0.5) is 0 Å². The number of esters is 1. The highest BCUT2D eigenvalue weighted by Crippen LogP contribution is 2.42. The lowest BCUT2D eigenvalue weighted by molar-refractivity contribution is -0.147. The van der Waals surface area contributed by atoms with Crippen molar-refractivity contribution in [3.8, 4) is 0 Å². The molecule has 10 heteroatoms. The third kappa shape index (κ3) is 35.8. The fourth-order valence-electron chi connectivity index (χ4n) is 5.17. The molecule has 0 aromatic carbocycles. The molecule has 2 unspecified atom stereocenters. The normalized spacial score (nSPS) is 13.7. The first-order chi connectivity index (χ1) is 23.3. The zero-order valence-electron chi connectivity index (χ0n) is 30.7. The van der Waals surface area contributed by atoms with Gasteiger partial charge >= 0.3 is 13.8 Å². The molecule has 48 heavy (non-hydrogen) atoms. The maximum absolute atomic E-state index is 12.0. The van der Waals surface area contributed by atoms with Gasteiger partial charge in [0.05, 0.1) is 13.2 Å². The van der Waals surface area contributed by atoms with Gasteiger partial charge < -0.3 is 20.1 Å². The van der Waals surface area contributed by atoms with Gasteiger partial charge in [-0.3, -0.25) is 18.6 Å². The first-order valence-corrected chi connectivity index (χ1v) is 20.8. The van der Waals surface area contributed by atoms with E-state index in [1.165, 1.54) is 96.3 Å². The summed E-state index contributed by atoms with van der Waals surface area (Å²) in [6.07, 6.45) is 36.0. The standard InChI is InChI=1S/C38H72NO8P/c1-3-5-7-9-10-11-12-13-14-15-16-17-18-19-20-21-22-23-24-25-26-27-29-31-38(42)45-34-36(40)35-47-48(43,44)46-33-32-39-37(41)30-28-8-6-4-2/h10-11,13-14,36,40H,3-9,12,15-35H2,1-2H3,(H,39,41)(H,43,44)/b11-10-,14-13-. The summed E-state index contributed by atoms with van der Waals surface area (Å²) in [5.74, 6) is -0.533.